The molecule has 2 N–H and O–H groups in total. The monoisotopic (exact) mass is 517 g/mol. The summed E-state index contributed by atoms with van der Waals surface area (Å²) in [6.45, 7) is 5.36. The number of benzene rings is 2. The van der Waals surface area contributed by atoms with Crippen LogP contribution in [0.4, 0.5) is 11.5 Å². The number of anilines is 2. The minimum absolute atomic E-state index is 0.0392. The van der Waals surface area contributed by atoms with E-state index in [4.69, 9.17) is 9.47 Å². The topological polar surface area (TPSA) is 124 Å². The van der Waals surface area contributed by atoms with E-state index in [1.807, 2.05) is 13.0 Å². The second-order valence-electron chi connectivity index (χ2n) is 7.47. The molecule has 2 aromatic carbocycles. The largest absolute Gasteiger partial charge is 0.465 e. The van der Waals surface area contributed by atoms with E-state index in [1.54, 1.807) is 56.3 Å². The molecule has 0 saturated carbocycles. The van der Waals surface area contributed by atoms with Gasteiger partial charge in [-0.05, 0) is 68.2 Å². The van der Waals surface area contributed by atoms with Gasteiger partial charge in [0.1, 0.15) is 0 Å². The Balaban J connectivity index is 1.90. The zero-order valence-corrected chi connectivity index (χ0v) is 21.2. The lowest BCUT2D eigenvalue weighted by Crippen LogP contribution is -2.36. The molecular weight excluding hydrogens is 490 g/mol. The molecule has 11 heteroatoms. The molecular formula is C24H27N3O6S2. The number of hydrogen-bond donors (Lipinski definition) is 2. The van der Waals surface area contributed by atoms with Gasteiger partial charge in [0.25, 0.3) is 10.0 Å². The normalized spacial score (nSPS) is 12.1. The van der Waals surface area contributed by atoms with Crippen LogP contribution in [0.2, 0.25) is 0 Å². The fourth-order valence-corrected chi connectivity index (χ4v) is 4.93. The van der Waals surface area contributed by atoms with Crippen LogP contribution in [0.1, 0.15) is 30.3 Å². The Morgan fingerprint density at radius 1 is 0.971 bits per heavy atom. The maximum absolute atomic E-state index is 12.8. The third kappa shape index (κ3) is 6.80. The number of hydrogen-bond acceptors (Lipinski definition) is 9. The van der Waals surface area contributed by atoms with E-state index in [2.05, 4.69) is 14.4 Å². The van der Waals surface area contributed by atoms with Crippen molar-refractivity contribution < 1.29 is 27.5 Å². The molecule has 0 amide bonds. The number of aromatic nitrogens is 1. The zero-order chi connectivity index (χ0) is 25.4. The standard InChI is InChI=1S/C24H27N3O6S2/c1-4-32-23(28)21(24(29)33-5-2)22(17-9-7-6-8-10-17)25-18-11-13-19(14-12-18)35(30,31)27-20-15-16(3)34-26-20/h6-15,21-22,25H,4-5H2,1-3H3,(H,26,27). The Labute approximate surface area is 208 Å². The average molecular weight is 518 g/mol. The fraction of sp³-hybridized carbons (Fsp3) is 0.292. The molecule has 0 saturated heterocycles. The summed E-state index contributed by atoms with van der Waals surface area (Å²) >= 11 is 1.20. The van der Waals surface area contributed by atoms with Gasteiger partial charge in [-0.1, -0.05) is 30.3 Å². The summed E-state index contributed by atoms with van der Waals surface area (Å²) in [5.74, 6) is -2.44. The molecule has 0 radical (unpaired) electrons. The number of ether oxygens (including phenoxy) is 2. The summed E-state index contributed by atoms with van der Waals surface area (Å²) in [5.41, 5.74) is 1.16. The highest BCUT2D eigenvalue weighted by Gasteiger charge is 2.38. The molecule has 0 fully saturated rings. The molecule has 3 aromatic rings. The van der Waals surface area contributed by atoms with Gasteiger partial charge in [-0.15, -0.1) is 0 Å². The average Bonchev–Trinajstić information content (AvgIpc) is 3.23. The van der Waals surface area contributed by atoms with Gasteiger partial charge in [0, 0.05) is 10.6 Å². The number of carbonyl (C=O) groups is 2. The Morgan fingerprint density at radius 3 is 2.09 bits per heavy atom. The predicted molar refractivity (Wildman–Crippen MR) is 134 cm³/mol. The van der Waals surface area contributed by atoms with Gasteiger partial charge in [-0.2, -0.15) is 4.37 Å². The first-order valence-corrected chi connectivity index (χ1v) is 13.2. The molecule has 1 unspecified atom stereocenters. The number of carbonyl (C=O) groups excluding carboxylic acids is 2. The molecule has 0 spiro atoms. The summed E-state index contributed by atoms with van der Waals surface area (Å²) in [5, 5.41) is 3.18. The van der Waals surface area contributed by atoms with E-state index in [9.17, 15) is 18.0 Å². The number of nitrogens with one attached hydrogen (secondary N) is 2. The number of aryl methyl sites for hydroxylation is 1. The van der Waals surface area contributed by atoms with Crippen LogP contribution in [0.3, 0.4) is 0 Å². The zero-order valence-electron chi connectivity index (χ0n) is 19.6. The van der Waals surface area contributed by atoms with Crippen molar-refractivity contribution in [3.05, 3.63) is 71.1 Å². The summed E-state index contributed by atoms with van der Waals surface area (Å²) < 4.78 is 42.2. The number of sulfonamides is 1. The summed E-state index contributed by atoms with van der Waals surface area (Å²) in [4.78, 5) is 26.5. The molecule has 9 nitrogen and oxygen atoms in total. The third-order valence-electron chi connectivity index (χ3n) is 4.93. The van der Waals surface area contributed by atoms with Crippen molar-refractivity contribution in [3.63, 3.8) is 0 Å². The number of nitrogens with zero attached hydrogens (tertiary/aromatic N) is 1. The summed E-state index contributed by atoms with van der Waals surface area (Å²) in [6, 6.07) is 15.8. The van der Waals surface area contributed by atoms with Gasteiger partial charge in [0.05, 0.1) is 24.2 Å². The predicted octanol–water partition coefficient (Wildman–Crippen LogP) is 4.15. The Kier molecular flexibility index (Phi) is 8.83. The van der Waals surface area contributed by atoms with Crippen molar-refractivity contribution in [2.45, 2.75) is 31.7 Å². The molecule has 1 atom stereocenters. The molecule has 1 heterocycles. The SMILES string of the molecule is CCOC(=O)C(C(=O)OCC)C(Nc1ccc(S(=O)(=O)Nc2cc(C)sn2)cc1)c1ccccc1. The second-order valence-corrected chi connectivity index (χ2v) is 10.2. The highest BCUT2D eigenvalue weighted by molar-refractivity contribution is 7.92. The van der Waals surface area contributed by atoms with Gasteiger partial charge in [0.15, 0.2) is 11.7 Å². The molecule has 186 valence electrons. The van der Waals surface area contributed by atoms with E-state index in [1.165, 1.54) is 23.7 Å². The number of rotatable bonds is 11. The molecule has 0 aliphatic heterocycles. The Morgan fingerprint density at radius 2 is 1.57 bits per heavy atom. The van der Waals surface area contributed by atoms with E-state index in [0.717, 1.165) is 4.88 Å². The van der Waals surface area contributed by atoms with Crippen LogP contribution in [0.15, 0.2) is 65.6 Å². The highest BCUT2D eigenvalue weighted by Crippen LogP contribution is 2.30. The maximum Gasteiger partial charge on any atom is 0.322 e. The molecule has 1 aromatic heterocycles. The van der Waals surface area contributed by atoms with Crippen molar-refractivity contribution in [3.8, 4) is 0 Å². The molecule has 0 aliphatic rings. The third-order valence-corrected chi connectivity index (χ3v) is 6.99. The molecule has 3 rings (SSSR count). The highest BCUT2D eigenvalue weighted by atomic mass is 32.2. The van der Waals surface area contributed by atoms with Gasteiger partial charge in [0.2, 0.25) is 0 Å². The summed E-state index contributed by atoms with van der Waals surface area (Å²) in [6.07, 6.45) is 0. The lowest BCUT2D eigenvalue weighted by atomic mass is 9.92. The minimum atomic E-state index is -3.84. The first-order chi connectivity index (χ1) is 16.7. The lowest BCUT2D eigenvalue weighted by molar-refractivity contribution is -0.162. The van der Waals surface area contributed by atoms with Crippen LogP contribution in [0, 0.1) is 12.8 Å². The van der Waals surface area contributed by atoms with Crippen LogP contribution in [0.25, 0.3) is 0 Å². The molecule has 0 bridgehead atoms. The summed E-state index contributed by atoms with van der Waals surface area (Å²) in [7, 11) is -3.84. The Hall–Kier alpha value is -3.44. The van der Waals surface area contributed by atoms with Crippen molar-refractivity contribution in [2.24, 2.45) is 5.92 Å². The molecule has 35 heavy (non-hydrogen) atoms. The van der Waals surface area contributed by atoms with Crippen LogP contribution in [-0.4, -0.2) is 37.9 Å². The smallest absolute Gasteiger partial charge is 0.322 e. The van der Waals surface area contributed by atoms with E-state index in [-0.39, 0.29) is 23.9 Å². The first-order valence-electron chi connectivity index (χ1n) is 11.0. The van der Waals surface area contributed by atoms with Gasteiger partial charge in [-0.3, -0.25) is 14.3 Å². The number of esters is 2. The first kappa shape index (κ1) is 26.2. The maximum atomic E-state index is 12.8. The Bertz CT molecular complexity index is 1230. The van der Waals surface area contributed by atoms with E-state index >= 15 is 0 Å². The van der Waals surface area contributed by atoms with Gasteiger partial charge < -0.3 is 14.8 Å². The van der Waals surface area contributed by atoms with Crippen LogP contribution >= 0.6 is 11.5 Å². The van der Waals surface area contributed by atoms with Crippen LogP contribution in [-0.2, 0) is 29.1 Å². The molecule has 0 aliphatic carbocycles. The van der Waals surface area contributed by atoms with Crippen LogP contribution in [0.5, 0.6) is 0 Å². The second kappa shape index (κ2) is 11.8. The van der Waals surface area contributed by atoms with Crippen LogP contribution < -0.4 is 10.0 Å². The van der Waals surface area contributed by atoms with E-state index < -0.39 is 33.9 Å². The van der Waals surface area contributed by atoms with Crippen molar-refractivity contribution in [1.29, 1.82) is 0 Å². The van der Waals surface area contributed by atoms with Crippen molar-refractivity contribution in [2.75, 3.05) is 23.3 Å². The minimum Gasteiger partial charge on any atom is -0.465 e. The fourth-order valence-electron chi connectivity index (χ4n) is 3.37. The van der Waals surface area contributed by atoms with E-state index in [0.29, 0.717) is 11.3 Å². The van der Waals surface area contributed by atoms with Crippen molar-refractivity contribution in [1.82, 2.24) is 4.37 Å². The van der Waals surface area contributed by atoms with Crippen molar-refractivity contribution >= 4 is 45.0 Å². The van der Waals surface area contributed by atoms with Gasteiger partial charge in [-0.25, -0.2) is 8.42 Å². The quantitative estimate of drug-likeness (QED) is 0.287. The van der Waals surface area contributed by atoms with Gasteiger partial charge >= 0.3 is 11.9 Å². The lowest BCUT2D eigenvalue weighted by Gasteiger charge is -2.26.